The van der Waals surface area contributed by atoms with Crippen LogP contribution in [0.3, 0.4) is 0 Å². The summed E-state index contributed by atoms with van der Waals surface area (Å²) in [6.45, 7) is 0.0137. The molecule has 7 nitrogen and oxygen atoms in total. The van der Waals surface area contributed by atoms with Crippen LogP contribution in [0.25, 0.3) is 11.3 Å². The van der Waals surface area contributed by atoms with Crippen LogP contribution in [0.5, 0.6) is 5.75 Å². The monoisotopic (exact) mass is 451 g/mol. The number of para-hydroxylation sites is 1. The first-order chi connectivity index (χ1) is 16.2. The largest absolute Gasteiger partial charge is 0.482 e. The average molecular weight is 452 g/mol. The first-order valence-corrected chi connectivity index (χ1v) is 11.0. The Morgan fingerprint density at radius 3 is 2.70 bits per heavy atom. The summed E-state index contributed by atoms with van der Waals surface area (Å²) in [5, 5.41) is 18.5. The third-order valence-electron chi connectivity index (χ3n) is 4.94. The Morgan fingerprint density at radius 1 is 1.09 bits per heavy atom. The lowest BCUT2D eigenvalue weighted by Crippen LogP contribution is -2.25. The fraction of sp³-hybridized carbons (Fsp3) is 0.0400. The van der Waals surface area contributed by atoms with E-state index >= 15 is 0 Å². The molecule has 160 valence electrons. The van der Waals surface area contributed by atoms with Gasteiger partial charge >= 0.3 is 0 Å². The highest BCUT2D eigenvalue weighted by Crippen LogP contribution is 2.33. The quantitative estimate of drug-likeness (QED) is 0.462. The van der Waals surface area contributed by atoms with E-state index in [1.165, 1.54) is 11.3 Å². The maximum absolute atomic E-state index is 11.8. The van der Waals surface area contributed by atoms with Gasteiger partial charge < -0.3 is 10.1 Å². The van der Waals surface area contributed by atoms with Crippen LogP contribution in [0.4, 0.5) is 11.4 Å². The minimum Gasteiger partial charge on any atom is -0.482 e. The van der Waals surface area contributed by atoms with E-state index < -0.39 is 0 Å². The Labute approximate surface area is 193 Å². The molecule has 0 aliphatic carbocycles. The van der Waals surface area contributed by atoms with Gasteiger partial charge in [0.1, 0.15) is 5.75 Å². The number of nitrogens with zero attached hydrogens (tertiary/aromatic N) is 4. The minimum atomic E-state index is -0.184. The Kier molecular flexibility index (Phi) is 5.54. The van der Waals surface area contributed by atoms with Crippen molar-refractivity contribution in [2.75, 3.05) is 11.9 Å². The molecule has 5 rings (SSSR count). The van der Waals surface area contributed by atoms with E-state index in [-0.39, 0.29) is 12.5 Å². The number of rotatable bonds is 4. The van der Waals surface area contributed by atoms with Crippen molar-refractivity contribution in [3.8, 4) is 23.1 Å². The van der Waals surface area contributed by atoms with Crippen LogP contribution < -0.4 is 14.9 Å². The number of nitrogens with one attached hydrogen (secondary N) is 1. The number of thiazole rings is 1. The van der Waals surface area contributed by atoms with Gasteiger partial charge in [-0.25, -0.2) is 9.67 Å². The standard InChI is InChI=1S/C25H17N5O2S/c26-13-17-6-8-18(9-7-17)14-27-30-22(16-33-25(30)28-20-4-2-1-3-5-20)19-10-11-23-21(12-19)29-24(31)15-32-23/h1-12,14,16H,15H2,(H,29,31). The lowest BCUT2D eigenvalue weighted by molar-refractivity contribution is -0.118. The van der Waals surface area contributed by atoms with Crippen LogP contribution in [0, 0.1) is 11.3 Å². The summed E-state index contributed by atoms with van der Waals surface area (Å²) >= 11 is 1.47. The molecule has 0 saturated carbocycles. The minimum absolute atomic E-state index is 0.0137. The van der Waals surface area contributed by atoms with Crippen molar-refractivity contribution >= 4 is 34.8 Å². The summed E-state index contributed by atoms with van der Waals surface area (Å²) in [4.78, 5) is 17.2. The molecule has 33 heavy (non-hydrogen) atoms. The summed E-state index contributed by atoms with van der Waals surface area (Å²) < 4.78 is 7.24. The third-order valence-corrected chi connectivity index (χ3v) is 5.75. The van der Waals surface area contributed by atoms with Crippen LogP contribution in [-0.2, 0) is 4.79 Å². The molecule has 8 heteroatoms. The number of hydrogen-bond donors (Lipinski definition) is 1. The van der Waals surface area contributed by atoms with E-state index in [0.29, 0.717) is 21.8 Å². The fourth-order valence-electron chi connectivity index (χ4n) is 3.31. The normalized spacial score (nSPS) is 13.3. The molecule has 0 unspecified atom stereocenters. The number of carbonyl (C=O) groups is 1. The maximum atomic E-state index is 11.8. The van der Waals surface area contributed by atoms with E-state index in [9.17, 15) is 4.79 Å². The van der Waals surface area contributed by atoms with Gasteiger partial charge in [0.15, 0.2) is 6.61 Å². The van der Waals surface area contributed by atoms with Crippen molar-refractivity contribution in [1.29, 1.82) is 5.26 Å². The van der Waals surface area contributed by atoms with E-state index in [1.807, 2.05) is 66.0 Å². The zero-order chi connectivity index (χ0) is 22.6. The molecule has 0 saturated heterocycles. The van der Waals surface area contributed by atoms with Crippen LogP contribution in [-0.4, -0.2) is 23.4 Å². The van der Waals surface area contributed by atoms with E-state index in [2.05, 4.69) is 11.4 Å². The Balaban J connectivity index is 1.60. The molecule has 0 radical (unpaired) electrons. The van der Waals surface area contributed by atoms with Gasteiger partial charge in [-0.2, -0.15) is 10.4 Å². The zero-order valence-electron chi connectivity index (χ0n) is 17.3. The Morgan fingerprint density at radius 2 is 1.91 bits per heavy atom. The van der Waals surface area contributed by atoms with Crippen molar-refractivity contribution in [2.24, 2.45) is 10.1 Å². The van der Waals surface area contributed by atoms with E-state index in [0.717, 1.165) is 22.5 Å². The average Bonchev–Trinajstić information content (AvgIpc) is 3.25. The van der Waals surface area contributed by atoms with Gasteiger partial charge in [-0.15, -0.1) is 11.3 Å². The number of carbonyl (C=O) groups excluding carboxylic acids is 1. The number of hydrogen-bond acceptors (Lipinski definition) is 6. The van der Waals surface area contributed by atoms with Crippen molar-refractivity contribution in [3.63, 3.8) is 0 Å². The van der Waals surface area contributed by atoms with Crippen molar-refractivity contribution in [2.45, 2.75) is 0 Å². The summed E-state index contributed by atoms with van der Waals surface area (Å²) in [5.74, 6) is 0.451. The maximum Gasteiger partial charge on any atom is 0.262 e. The molecule has 4 aromatic rings. The van der Waals surface area contributed by atoms with Crippen LogP contribution in [0.2, 0.25) is 0 Å². The highest BCUT2D eigenvalue weighted by Gasteiger charge is 2.17. The number of amides is 1. The fourth-order valence-corrected chi connectivity index (χ4v) is 4.17. The zero-order valence-corrected chi connectivity index (χ0v) is 18.1. The molecular formula is C25H17N5O2S. The molecule has 1 amide bonds. The highest BCUT2D eigenvalue weighted by atomic mass is 32.1. The molecule has 1 N–H and O–H groups in total. The predicted molar refractivity (Wildman–Crippen MR) is 128 cm³/mol. The molecule has 0 bridgehead atoms. The second-order valence-electron chi connectivity index (χ2n) is 7.19. The Bertz CT molecular complexity index is 1460. The lowest BCUT2D eigenvalue weighted by atomic mass is 10.1. The summed E-state index contributed by atoms with van der Waals surface area (Å²) in [6, 6.07) is 24.6. The topological polar surface area (TPSA) is 91.8 Å². The highest BCUT2D eigenvalue weighted by molar-refractivity contribution is 7.07. The molecular weight excluding hydrogens is 434 g/mol. The van der Waals surface area contributed by atoms with Crippen LogP contribution in [0.1, 0.15) is 11.1 Å². The van der Waals surface area contributed by atoms with Crippen LogP contribution in [0.15, 0.2) is 88.3 Å². The third kappa shape index (κ3) is 4.44. The number of aromatic nitrogens is 1. The second kappa shape index (κ2) is 8.94. The van der Waals surface area contributed by atoms with Gasteiger partial charge in [0, 0.05) is 10.9 Å². The first-order valence-electron chi connectivity index (χ1n) is 10.1. The molecule has 1 aliphatic heterocycles. The van der Waals surface area contributed by atoms with Gasteiger partial charge in [0.2, 0.25) is 4.80 Å². The number of fused-ring (bicyclic) bond motifs is 1. The van der Waals surface area contributed by atoms with Gasteiger partial charge in [-0.1, -0.05) is 30.3 Å². The molecule has 1 aliphatic rings. The molecule has 3 aromatic carbocycles. The lowest BCUT2D eigenvalue weighted by Gasteiger charge is -2.18. The first kappa shape index (κ1) is 20.4. The molecule has 0 spiro atoms. The SMILES string of the molecule is N#Cc1ccc(C=Nn2c(-c3ccc4c(c3)NC(=O)CO4)csc2=Nc2ccccc2)cc1. The summed E-state index contributed by atoms with van der Waals surface area (Å²) in [7, 11) is 0. The second-order valence-corrected chi connectivity index (χ2v) is 8.03. The Hall–Kier alpha value is -4.48. The molecule has 0 fully saturated rings. The van der Waals surface area contributed by atoms with Crippen molar-refractivity contribution < 1.29 is 9.53 Å². The van der Waals surface area contributed by atoms with Gasteiger partial charge in [0.05, 0.1) is 34.9 Å². The number of ether oxygens (including phenoxy) is 1. The number of benzene rings is 3. The van der Waals surface area contributed by atoms with Crippen molar-refractivity contribution in [3.05, 3.63) is 94.1 Å². The van der Waals surface area contributed by atoms with Crippen LogP contribution >= 0.6 is 11.3 Å². The summed E-state index contributed by atoms with van der Waals surface area (Å²) in [5.41, 5.74) is 4.58. The van der Waals surface area contributed by atoms with E-state index in [1.54, 1.807) is 23.0 Å². The van der Waals surface area contributed by atoms with Gasteiger partial charge in [-0.05, 0) is 48.0 Å². The van der Waals surface area contributed by atoms with Gasteiger partial charge in [0.25, 0.3) is 5.91 Å². The number of anilines is 1. The molecule has 2 heterocycles. The summed E-state index contributed by atoms with van der Waals surface area (Å²) in [6.07, 6.45) is 1.73. The van der Waals surface area contributed by atoms with E-state index in [4.69, 9.17) is 20.1 Å². The molecule has 0 atom stereocenters. The van der Waals surface area contributed by atoms with Crippen molar-refractivity contribution in [1.82, 2.24) is 4.68 Å². The smallest absolute Gasteiger partial charge is 0.262 e. The van der Waals surface area contributed by atoms with Gasteiger partial charge in [-0.3, -0.25) is 4.79 Å². The number of nitriles is 1. The predicted octanol–water partition coefficient (Wildman–Crippen LogP) is 4.53. The molecule has 1 aromatic heterocycles.